The fourth-order valence-corrected chi connectivity index (χ4v) is 6.14. The highest BCUT2D eigenvalue weighted by molar-refractivity contribution is 7.22. The molecule has 1 aliphatic carbocycles. The minimum atomic E-state index is -0.0450. The Balaban J connectivity index is 1.51. The Morgan fingerprint density at radius 2 is 1.94 bits per heavy atom. The zero-order valence-corrected chi connectivity index (χ0v) is 21.2. The van der Waals surface area contributed by atoms with Crippen LogP contribution in [0, 0.1) is 5.92 Å². The van der Waals surface area contributed by atoms with E-state index in [1.807, 2.05) is 17.5 Å². The van der Waals surface area contributed by atoms with Crippen molar-refractivity contribution in [1.29, 1.82) is 0 Å². The summed E-state index contributed by atoms with van der Waals surface area (Å²) in [6.45, 7) is 10.5. The molecule has 0 spiro atoms. The van der Waals surface area contributed by atoms with Gasteiger partial charge >= 0.3 is 0 Å². The van der Waals surface area contributed by atoms with Crippen molar-refractivity contribution in [3.63, 3.8) is 0 Å². The molecular formula is C26H37N5OS. The molecule has 2 fully saturated rings. The Morgan fingerprint density at radius 3 is 2.67 bits per heavy atom. The van der Waals surface area contributed by atoms with Crippen molar-refractivity contribution in [2.45, 2.75) is 83.8 Å². The minimum absolute atomic E-state index is 0.0450. The molecule has 1 aliphatic heterocycles. The molecule has 178 valence electrons. The first-order chi connectivity index (χ1) is 15.9. The van der Waals surface area contributed by atoms with Gasteiger partial charge in [0.2, 0.25) is 0 Å². The number of ether oxygens (including phenoxy) is 1. The number of nitrogens with one attached hydrogen (secondary N) is 2. The zero-order chi connectivity index (χ0) is 23.0. The van der Waals surface area contributed by atoms with Gasteiger partial charge in [-0.3, -0.25) is 4.68 Å². The molecule has 0 aromatic carbocycles. The van der Waals surface area contributed by atoms with E-state index in [-0.39, 0.29) is 5.54 Å². The summed E-state index contributed by atoms with van der Waals surface area (Å²) in [6.07, 6.45) is 9.20. The predicted octanol–water partition coefficient (Wildman–Crippen LogP) is 6.71. The molecule has 3 aromatic rings. The molecule has 1 saturated heterocycles. The molecule has 3 aromatic heterocycles. The van der Waals surface area contributed by atoms with Crippen LogP contribution in [-0.2, 0) is 4.74 Å². The Kier molecular flexibility index (Phi) is 6.36. The first-order valence-corrected chi connectivity index (χ1v) is 13.3. The second-order valence-electron chi connectivity index (χ2n) is 10.9. The summed E-state index contributed by atoms with van der Waals surface area (Å²) in [4.78, 5) is 6.22. The highest BCUT2D eigenvalue weighted by Crippen LogP contribution is 2.40. The summed E-state index contributed by atoms with van der Waals surface area (Å²) in [6, 6.07) is 7.41. The summed E-state index contributed by atoms with van der Waals surface area (Å²) in [7, 11) is 0. The lowest BCUT2D eigenvalue weighted by Gasteiger charge is -2.28. The lowest BCUT2D eigenvalue weighted by atomic mass is 9.87. The minimum Gasteiger partial charge on any atom is -0.381 e. The number of anilines is 2. The number of nitrogens with zero attached hydrogens (tertiary/aromatic N) is 3. The van der Waals surface area contributed by atoms with Gasteiger partial charge in [0.1, 0.15) is 5.82 Å². The Morgan fingerprint density at radius 1 is 1.12 bits per heavy atom. The fourth-order valence-electron chi connectivity index (χ4n) is 5.04. The van der Waals surface area contributed by atoms with Crippen LogP contribution in [0.1, 0.15) is 72.3 Å². The van der Waals surface area contributed by atoms with E-state index in [2.05, 4.69) is 66.3 Å². The molecule has 0 radical (unpaired) electrons. The average molecular weight is 468 g/mol. The van der Waals surface area contributed by atoms with E-state index in [0.717, 1.165) is 49.0 Å². The lowest BCUT2D eigenvalue weighted by molar-refractivity contribution is 0.0556. The molecule has 0 bridgehead atoms. The third-order valence-electron chi connectivity index (χ3n) is 6.76. The molecule has 0 amide bonds. The van der Waals surface area contributed by atoms with E-state index in [0.29, 0.717) is 12.1 Å². The molecule has 1 saturated carbocycles. The molecule has 33 heavy (non-hydrogen) atoms. The largest absolute Gasteiger partial charge is 0.381 e. The molecule has 2 N–H and O–H groups in total. The summed E-state index contributed by atoms with van der Waals surface area (Å²) >= 11 is 1.82. The van der Waals surface area contributed by atoms with Gasteiger partial charge in [-0.05, 0) is 77.3 Å². The van der Waals surface area contributed by atoms with Crippen molar-refractivity contribution < 1.29 is 4.74 Å². The number of hydrogen-bond acceptors (Lipinski definition) is 6. The molecule has 2 aliphatic rings. The number of hydrogen-bond donors (Lipinski definition) is 2. The number of thiophene rings is 1. The van der Waals surface area contributed by atoms with E-state index >= 15 is 0 Å². The predicted molar refractivity (Wildman–Crippen MR) is 138 cm³/mol. The summed E-state index contributed by atoms with van der Waals surface area (Å²) in [5.41, 5.74) is 3.37. The van der Waals surface area contributed by atoms with E-state index in [1.54, 1.807) is 0 Å². The first kappa shape index (κ1) is 22.7. The van der Waals surface area contributed by atoms with Crippen LogP contribution < -0.4 is 10.6 Å². The molecule has 5 rings (SSSR count). The van der Waals surface area contributed by atoms with Crippen LogP contribution >= 0.6 is 11.3 Å². The Hall–Kier alpha value is -2.12. The van der Waals surface area contributed by atoms with Crippen LogP contribution in [0.25, 0.3) is 20.8 Å². The van der Waals surface area contributed by atoms with Gasteiger partial charge in [-0.2, -0.15) is 5.10 Å². The first-order valence-electron chi connectivity index (χ1n) is 12.5. The van der Waals surface area contributed by atoms with Gasteiger partial charge in [-0.15, -0.1) is 11.3 Å². The van der Waals surface area contributed by atoms with Gasteiger partial charge in [0.15, 0.2) is 0 Å². The van der Waals surface area contributed by atoms with Crippen LogP contribution in [0.3, 0.4) is 0 Å². The van der Waals surface area contributed by atoms with Crippen LogP contribution in [-0.4, -0.2) is 39.6 Å². The highest BCUT2D eigenvalue weighted by Gasteiger charge is 2.23. The van der Waals surface area contributed by atoms with Gasteiger partial charge in [-0.25, -0.2) is 4.98 Å². The smallest absolute Gasteiger partial charge is 0.129 e. The maximum absolute atomic E-state index is 5.74. The summed E-state index contributed by atoms with van der Waals surface area (Å²) < 4.78 is 9.13. The SMILES string of the molecule is CC1CCC(Nc2cc(NC(C)(C)C)nc3cc(-c4ccnn4C4CCCOC4)sc23)CC1. The topological polar surface area (TPSA) is 64.0 Å². The number of pyridine rings is 1. The second-order valence-corrected chi connectivity index (χ2v) is 11.9. The summed E-state index contributed by atoms with van der Waals surface area (Å²) in [5, 5.41) is 12.2. The number of aromatic nitrogens is 3. The Bertz CT molecular complexity index is 1080. The maximum atomic E-state index is 5.74. The number of rotatable bonds is 5. The molecule has 1 atom stereocenters. The van der Waals surface area contributed by atoms with E-state index in [4.69, 9.17) is 9.72 Å². The normalized spacial score (nSPS) is 24.2. The van der Waals surface area contributed by atoms with Crippen LogP contribution in [0.15, 0.2) is 24.4 Å². The lowest BCUT2D eigenvalue weighted by Crippen LogP contribution is -2.27. The second kappa shape index (κ2) is 9.26. The fraction of sp³-hybridized carbons (Fsp3) is 0.615. The van der Waals surface area contributed by atoms with E-state index in [1.165, 1.54) is 40.9 Å². The van der Waals surface area contributed by atoms with Gasteiger partial charge in [0.25, 0.3) is 0 Å². The standard InChI is InChI=1S/C26H37N5OS/c1-17-7-9-18(10-8-17)28-21-15-24(30-26(2,3)4)29-20-14-23(33-25(20)21)22-11-12-27-31(22)19-6-5-13-32-16-19/h11-12,14-15,17-19H,5-10,13,16H2,1-4H3,(H2,28,29,30). The van der Waals surface area contributed by atoms with Crippen molar-refractivity contribution in [3.8, 4) is 10.6 Å². The maximum Gasteiger partial charge on any atom is 0.129 e. The van der Waals surface area contributed by atoms with Crippen LogP contribution in [0.4, 0.5) is 11.5 Å². The summed E-state index contributed by atoms with van der Waals surface area (Å²) in [5.74, 6) is 1.77. The number of fused-ring (bicyclic) bond motifs is 1. The van der Waals surface area contributed by atoms with Gasteiger partial charge in [-0.1, -0.05) is 6.92 Å². The average Bonchev–Trinajstić information content (AvgIpc) is 3.42. The van der Waals surface area contributed by atoms with Crippen molar-refractivity contribution >= 4 is 33.1 Å². The molecule has 1 unspecified atom stereocenters. The van der Waals surface area contributed by atoms with Gasteiger partial charge in [0.05, 0.1) is 39.1 Å². The van der Waals surface area contributed by atoms with E-state index in [9.17, 15) is 0 Å². The molecular weight excluding hydrogens is 430 g/mol. The van der Waals surface area contributed by atoms with Crippen molar-refractivity contribution in [1.82, 2.24) is 14.8 Å². The molecule has 4 heterocycles. The monoisotopic (exact) mass is 467 g/mol. The van der Waals surface area contributed by atoms with Crippen LogP contribution in [0.5, 0.6) is 0 Å². The van der Waals surface area contributed by atoms with Crippen molar-refractivity contribution in [3.05, 3.63) is 24.4 Å². The highest BCUT2D eigenvalue weighted by atomic mass is 32.1. The quantitative estimate of drug-likeness (QED) is 0.436. The van der Waals surface area contributed by atoms with Crippen molar-refractivity contribution in [2.24, 2.45) is 5.92 Å². The molecule has 7 heteroatoms. The third-order valence-corrected chi connectivity index (χ3v) is 7.94. The van der Waals surface area contributed by atoms with Gasteiger partial charge in [0, 0.05) is 30.5 Å². The zero-order valence-electron chi connectivity index (χ0n) is 20.4. The Labute approximate surface area is 201 Å². The van der Waals surface area contributed by atoms with Crippen molar-refractivity contribution in [2.75, 3.05) is 23.8 Å². The molecule has 6 nitrogen and oxygen atoms in total. The van der Waals surface area contributed by atoms with Gasteiger partial charge < -0.3 is 15.4 Å². The third kappa shape index (κ3) is 5.19. The van der Waals surface area contributed by atoms with E-state index < -0.39 is 0 Å². The van der Waals surface area contributed by atoms with Crippen LogP contribution in [0.2, 0.25) is 0 Å².